The minimum Gasteiger partial charge on any atom is -0.302 e. The molecule has 0 heterocycles. The largest absolute Gasteiger partial charge is 0.302 e. The summed E-state index contributed by atoms with van der Waals surface area (Å²) in [4.78, 5) is 2.36. The van der Waals surface area contributed by atoms with E-state index in [1.54, 1.807) is 5.56 Å². The second kappa shape index (κ2) is 6.05. The molecule has 1 rings (SSSR count). The van der Waals surface area contributed by atoms with Gasteiger partial charge in [-0.15, -0.1) is 0 Å². The summed E-state index contributed by atoms with van der Waals surface area (Å²) in [6.45, 7) is 11.2. The summed E-state index contributed by atoms with van der Waals surface area (Å²) in [5.41, 5.74) is 4.57. The van der Waals surface area contributed by atoms with E-state index in [0.717, 1.165) is 19.5 Å². The maximum Gasteiger partial charge on any atom is 0.0233 e. The SMILES string of the molecule is CCc1c(CN(C)CC)cccc1C(C)C. The number of hydrogen-bond acceptors (Lipinski definition) is 1. The van der Waals surface area contributed by atoms with Crippen molar-refractivity contribution in [1.82, 2.24) is 4.90 Å². The van der Waals surface area contributed by atoms with E-state index >= 15 is 0 Å². The van der Waals surface area contributed by atoms with Crippen LogP contribution < -0.4 is 0 Å². The lowest BCUT2D eigenvalue weighted by molar-refractivity contribution is 0.344. The van der Waals surface area contributed by atoms with E-state index in [1.165, 1.54) is 11.1 Å². The van der Waals surface area contributed by atoms with Crippen molar-refractivity contribution in [3.8, 4) is 0 Å². The van der Waals surface area contributed by atoms with Crippen molar-refractivity contribution in [1.29, 1.82) is 0 Å². The van der Waals surface area contributed by atoms with Gasteiger partial charge >= 0.3 is 0 Å². The van der Waals surface area contributed by atoms with Crippen molar-refractivity contribution in [2.75, 3.05) is 13.6 Å². The lowest BCUT2D eigenvalue weighted by Crippen LogP contribution is -2.18. The number of nitrogens with zero attached hydrogens (tertiary/aromatic N) is 1. The Labute approximate surface area is 100 Å². The number of rotatable bonds is 5. The summed E-state index contributed by atoms with van der Waals surface area (Å²) >= 11 is 0. The highest BCUT2D eigenvalue weighted by Crippen LogP contribution is 2.24. The van der Waals surface area contributed by atoms with Gasteiger partial charge < -0.3 is 4.90 Å². The van der Waals surface area contributed by atoms with Crippen LogP contribution in [0, 0.1) is 0 Å². The minimum absolute atomic E-state index is 0.627. The normalized spacial score (nSPS) is 11.4. The predicted octanol–water partition coefficient (Wildman–Crippen LogP) is 3.82. The standard InChI is InChI=1S/C15H25N/c1-6-14-13(11-16(5)7-2)9-8-10-15(14)12(3)4/h8-10,12H,6-7,11H2,1-5H3. The van der Waals surface area contributed by atoms with Crippen LogP contribution in [0.1, 0.15) is 50.3 Å². The Morgan fingerprint density at radius 2 is 1.88 bits per heavy atom. The lowest BCUT2D eigenvalue weighted by atomic mass is 9.91. The van der Waals surface area contributed by atoms with Crippen LogP contribution in [-0.4, -0.2) is 18.5 Å². The van der Waals surface area contributed by atoms with Crippen molar-refractivity contribution >= 4 is 0 Å². The molecule has 0 atom stereocenters. The van der Waals surface area contributed by atoms with Gasteiger partial charge in [0, 0.05) is 6.54 Å². The van der Waals surface area contributed by atoms with Crippen LogP contribution in [-0.2, 0) is 13.0 Å². The quantitative estimate of drug-likeness (QED) is 0.727. The third-order valence-electron chi connectivity index (χ3n) is 3.26. The molecule has 0 bridgehead atoms. The molecule has 0 saturated heterocycles. The minimum atomic E-state index is 0.627. The summed E-state index contributed by atoms with van der Waals surface area (Å²) in [6, 6.07) is 6.75. The van der Waals surface area contributed by atoms with E-state index in [-0.39, 0.29) is 0 Å². The predicted molar refractivity (Wildman–Crippen MR) is 71.9 cm³/mol. The lowest BCUT2D eigenvalue weighted by Gasteiger charge is -2.20. The van der Waals surface area contributed by atoms with E-state index < -0.39 is 0 Å². The van der Waals surface area contributed by atoms with Gasteiger partial charge in [0.1, 0.15) is 0 Å². The van der Waals surface area contributed by atoms with Crippen molar-refractivity contribution in [2.45, 2.75) is 46.6 Å². The van der Waals surface area contributed by atoms with E-state index in [9.17, 15) is 0 Å². The summed E-state index contributed by atoms with van der Waals surface area (Å²) < 4.78 is 0. The Morgan fingerprint density at radius 1 is 1.19 bits per heavy atom. The van der Waals surface area contributed by atoms with Gasteiger partial charge in [-0.1, -0.05) is 45.9 Å². The van der Waals surface area contributed by atoms with Crippen LogP contribution in [0.2, 0.25) is 0 Å². The molecule has 0 aliphatic carbocycles. The average Bonchev–Trinajstić information content (AvgIpc) is 2.28. The van der Waals surface area contributed by atoms with E-state index in [1.807, 2.05) is 0 Å². The topological polar surface area (TPSA) is 3.24 Å². The zero-order valence-electron chi connectivity index (χ0n) is 11.4. The first kappa shape index (κ1) is 13.2. The number of benzene rings is 1. The molecule has 0 aliphatic rings. The molecule has 0 aromatic heterocycles. The molecule has 16 heavy (non-hydrogen) atoms. The molecule has 0 saturated carbocycles. The van der Waals surface area contributed by atoms with Crippen LogP contribution in [0.3, 0.4) is 0 Å². The molecule has 1 nitrogen and oxygen atoms in total. The molecular formula is C15H25N. The highest BCUT2D eigenvalue weighted by atomic mass is 15.1. The Hall–Kier alpha value is -0.820. The fourth-order valence-corrected chi connectivity index (χ4v) is 2.18. The summed E-state index contributed by atoms with van der Waals surface area (Å²) in [7, 11) is 2.18. The van der Waals surface area contributed by atoms with Crippen molar-refractivity contribution in [3.63, 3.8) is 0 Å². The molecular weight excluding hydrogens is 194 g/mol. The van der Waals surface area contributed by atoms with E-state index in [2.05, 4.69) is 57.8 Å². The molecule has 0 fully saturated rings. The molecule has 1 heteroatoms. The summed E-state index contributed by atoms with van der Waals surface area (Å²) in [5.74, 6) is 0.627. The van der Waals surface area contributed by atoms with Gasteiger partial charge in [-0.05, 0) is 42.6 Å². The van der Waals surface area contributed by atoms with Gasteiger partial charge in [-0.2, -0.15) is 0 Å². The maximum atomic E-state index is 2.36. The Morgan fingerprint density at radius 3 is 2.38 bits per heavy atom. The first-order valence-corrected chi connectivity index (χ1v) is 6.39. The molecule has 0 spiro atoms. The smallest absolute Gasteiger partial charge is 0.0233 e. The highest BCUT2D eigenvalue weighted by molar-refractivity contribution is 5.37. The second-order valence-electron chi connectivity index (χ2n) is 4.82. The van der Waals surface area contributed by atoms with Crippen molar-refractivity contribution in [3.05, 3.63) is 34.9 Å². The molecule has 0 radical (unpaired) electrons. The Kier molecular flexibility index (Phi) is 5.01. The molecule has 0 unspecified atom stereocenters. The maximum absolute atomic E-state index is 2.36. The van der Waals surface area contributed by atoms with Crippen molar-refractivity contribution < 1.29 is 0 Å². The fourth-order valence-electron chi connectivity index (χ4n) is 2.18. The first-order valence-electron chi connectivity index (χ1n) is 6.39. The first-order chi connectivity index (χ1) is 7.60. The van der Waals surface area contributed by atoms with Crippen LogP contribution in [0.5, 0.6) is 0 Å². The molecule has 1 aromatic rings. The Balaban J connectivity index is 3.04. The van der Waals surface area contributed by atoms with Crippen LogP contribution in [0.15, 0.2) is 18.2 Å². The fraction of sp³-hybridized carbons (Fsp3) is 0.600. The molecule has 0 aliphatic heterocycles. The monoisotopic (exact) mass is 219 g/mol. The molecule has 1 aromatic carbocycles. The van der Waals surface area contributed by atoms with Gasteiger partial charge in [0.05, 0.1) is 0 Å². The van der Waals surface area contributed by atoms with Gasteiger partial charge in [0.2, 0.25) is 0 Å². The zero-order chi connectivity index (χ0) is 12.1. The van der Waals surface area contributed by atoms with Gasteiger partial charge in [0.25, 0.3) is 0 Å². The second-order valence-corrected chi connectivity index (χ2v) is 4.82. The van der Waals surface area contributed by atoms with E-state index in [0.29, 0.717) is 5.92 Å². The highest BCUT2D eigenvalue weighted by Gasteiger charge is 2.10. The Bertz CT molecular complexity index is 328. The number of hydrogen-bond donors (Lipinski definition) is 0. The third kappa shape index (κ3) is 3.08. The van der Waals surface area contributed by atoms with E-state index in [4.69, 9.17) is 0 Å². The molecule has 90 valence electrons. The van der Waals surface area contributed by atoms with Crippen molar-refractivity contribution in [2.24, 2.45) is 0 Å². The summed E-state index contributed by atoms with van der Waals surface area (Å²) in [6.07, 6.45) is 1.14. The zero-order valence-corrected chi connectivity index (χ0v) is 11.4. The molecule has 0 N–H and O–H groups in total. The van der Waals surface area contributed by atoms with Gasteiger partial charge in [0.15, 0.2) is 0 Å². The van der Waals surface area contributed by atoms with Gasteiger partial charge in [-0.25, -0.2) is 0 Å². The average molecular weight is 219 g/mol. The van der Waals surface area contributed by atoms with Crippen LogP contribution >= 0.6 is 0 Å². The molecule has 0 amide bonds. The van der Waals surface area contributed by atoms with Gasteiger partial charge in [-0.3, -0.25) is 0 Å². The summed E-state index contributed by atoms with van der Waals surface area (Å²) in [5, 5.41) is 0. The van der Waals surface area contributed by atoms with Crippen LogP contribution in [0.25, 0.3) is 0 Å². The van der Waals surface area contributed by atoms with Crippen LogP contribution in [0.4, 0.5) is 0 Å². The third-order valence-corrected chi connectivity index (χ3v) is 3.26.